The second-order valence-electron chi connectivity index (χ2n) is 2.94. The Bertz CT molecular complexity index is 151. The van der Waals surface area contributed by atoms with Crippen molar-refractivity contribution in [1.29, 1.82) is 0 Å². The Morgan fingerprint density at radius 3 is 2.30 bits per heavy atom. The Morgan fingerprint density at radius 1 is 1.50 bits per heavy atom. The molecule has 0 aliphatic carbocycles. The van der Waals surface area contributed by atoms with Gasteiger partial charge in [-0.05, 0) is 27.7 Å². The summed E-state index contributed by atoms with van der Waals surface area (Å²) in [5.74, 6) is 1.20. The van der Waals surface area contributed by atoms with E-state index in [1.807, 2.05) is 0 Å². The summed E-state index contributed by atoms with van der Waals surface area (Å²) >= 11 is 0. The zero-order chi connectivity index (χ0) is 7.72. The maximum atomic E-state index is 4.46. The standard InChI is InChI=1S/C8H16N2/c1-5-10-7(3)6(2)9-8(10)4/h6-7H,5H2,1-4H3. The van der Waals surface area contributed by atoms with Gasteiger partial charge in [-0.3, -0.25) is 4.99 Å². The smallest absolute Gasteiger partial charge is 0.0964 e. The van der Waals surface area contributed by atoms with Crippen molar-refractivity contribution in [2.24, 2.45) is 4.99 Å². The molecular formula is C8H16N2. The highest BCUT2D eigenvalue weighted by Crippen LogP contribution is 2.15. The van der Waals surface area contributed by atoms with Gasteiger partial charge in [0.05, 0.1) is 11.9 Å². The van der Waals surface area contributed by atoms with Crippen LogP contribution in [0.25, 0.3) is 0 Å². The monoisotopic (exact) mass is 140 g/mol. The van der Waals surface area contributed by atoms with Crippen LogP contribution in [0.3, 0.4) is 0 Å². The summed E-state index contributed by atoms with van der Waals surface area (Å²) in [4.78, 5) is 6.80. The second kappa shape index (κ2) is 2.60. The number of nitrogens with zero attached hydrogens (tertiary/aromatic N) is 2. The molecule has 10 heavy (non-hydrogen) atoms. The van der Waals surface area contributed by atoms with E-state index in [4.69, 9.17) is 0 Å². The molecule has 2 heteroatoms. The van der Waals surface area contributed by atoms with Crippen LogP contribution in [-0.4, -0.2) is 29.4 Å². The third-order valence-electron chi connectivity index (χ3n) is 2.34. The summed E-state index contributed by atoms with van der Waals surface area (Å²) in [6.07, 6.45) is 0. The zero-order valence-corrected chi connectivity index (χ0v) is 7.26. The molecule has 2 nitrogen and oxygen atoms in total. The summed E-state index contributed by atoms with van der Waals surface area (Å²) < 4.78 is 0. The van der Waals surface area contributed by atoms with Gasteiger partial charge in [0, 0.05) is 12.6 Å². The van der Waals surface area contributed by atoms with Crippen LogP contribution in [0.4, 0.5) is 0 Å². The third kappa shape index (κ3) is 1.02. The van der Waals surface area contributed by atoms with E-state index in [1.54, 1.807) is 0 Å². The Kier molecular flexibility index (Phi) is 1.97. The first-order valence-corrected chi connectivity index (χ1v) is 3.97. The predicted octanol–water partition coefficient (Wildman–Crippen LogP) is 1.52. The lowest BCUT2D eigenvalue weighted by atomic mass is 10.2. The van der Waals surface area contributed by atoms with Gasteiger partial charge in [-0.15, -0.1) is 0 Å². The average molecular weight is 140 g/mol. The number of hydrogen-bond acceptors (Lipinski definition) is 2. The van der Waals surface area contributed by atoms with Gasteiger partial charge in [-0.1, -0.05) is 0 Å². The van der Waals surface area contributed by atoms with Crippen LogP contribution in [0, 0.1) is 0 Å². The van der Waals surface area contributed by atoms with Crippen molar-refractivity contribution in [2.45, 2.75) is 39.8 Å². The normalized spacial score (nSPS) is 32.8. The molecule has 1 aliphatic rings. The molecule has 0 fully saturated rings. The highest BCUT2D eigenvalue weighted by molar-refractivity contribution is 5.82. The summed E-state index contributed by atoms with van der Waals surface area (Å²) in [5, 5.41) is 0. The van der Waals surface area contributed by atoms with Gasteiger partial charge >= 0.3 is 0 Å². The Labute approximate surface area is 62.9 Å². The molecular weight excluding hydrogens is 124 g/mol. The molecule has 0 saturated carbocycles. The number of amidine groups is 1. The number of likely N-dealkylation sites (N-methyl/N-ethyl adjacent to an activating group) is 1. The van der Waals surface area contributed by atoms with Crippen molar-refractivity contribution < 1.29 is 0 Å². The summed E-state index contributed by atoms with van der Waals surface area (Å²) in [6.45, 7) is 9.75. The topological polar surface area (TPSA) is 15.6 Å². The van der Waals surface area contributed by atoms with Crippen molar-refractivity contribution in [1.82, 2.24) is 4.90 Å². The SMILES string of the molecule is CCN1C(C)=NC(C)C1C. The van der Waals surface area contributed by atoms with Crippen LogP contribution in [-0.2, 0) is 0 Å². The second-order valence-corrected chi connectivity index (χ2v) is 2.94. The molecule has 0 bridgehead atoms. The van der Waals surface area contributed by atoms with Gasteiger partial charge in [-0.2, -0.15) is 0 Å². The molecule has 0 radical (unpaired) electrons. The summed E-state index contributed by atoms with van der Waals surface area (Å²) in [7, 11) is 0. The fraction of sp³-hybridized carbons (Fsp3) is 0.875. The van der Waals surface area contributed by atoms with E-state index in [2.05, 4.69) is 37.6 Å². The Balaban J connectivity index is 2.68. The van der Waals surface area contributed by atoms with Crippen molar-refractivity contribution in [3.8, 4) is 0 Å². The third-order valence-corrected chi connectivity index (χ3v) is 2.34. The molecule has 0 aromatic rings. The summed E-state index contributed by atoms with van der Waals surface area (Å²) in [5.41, 5.74) is 0. The van der Waals surface area contributed by atoms with Crippen molar-refractivity contribution >= 4 is 5.84 Å². The fourth-order valence-electron chi connectivity index (χ4n) is 1.55. The first-order chi connectivity index (χ1) is 4.66. The number of rotatable bonds is 1. The quantitative estimate of drug-likeness (QED) is 0.539. The lowest BCUT2D eigenvalue weighted by molar-refractivity contribution is 0.344. The Morgan fingerprint density at radius 2 is 2.10 bits per heavy atom. The fourth-order valence-corrected chi connectivity index (χ4v) is 1.55. The minimum absolute atomic E-state index is 0.486. The molecule has 2 unspecified atom stereocenters. The van der Waals surface area contributed by atoms with Gasteiger partial charge in [-0.25, -0.2) is 0 Å². The maximum Gasteiger partial charge on any atom is 0.0964 e. The predicted molar refractivity (Wildman–Crippen MR) is 44.4 cm³/mol. The van der Waals surface area contributed by atoms with Crippen LogP contribution >= 0.6 is 0 Å². The minimum Gasteiger partial charge on any atom is -0.356 e. The molecule has 0 saturated heterocycles. The largest absolute Gasteiger partial charge is 0.356 e. The van der Waals surface area contributed by atoms with E-state index in [0.29, 0.717) is 12.1 Å². The number of hydrogen-bond donors (Lipinski definition) is 0. The van der Waals surface area contributed by atoms with Crippen LogP contribution < -0.4 is 0 Å². The molecule has 0 aromatic heterocycles. The van der Waals surface area contributed by atoms with Gasteiger partial charge < -0.3 is 4.90 Å². The lowest BCUT2D eigenvalue weighted by Gasteiger charge is -2.23. The molecule has 58 valence electrons. The highest BCUT2D eigenvalue weighted by atomic mass is 15.3. The lowest BCUT2D eigenvalue weighted by Crippen LogP contribution is -2.35. The first-order valence-electron chi connectivity index (χ1n) is 3.97. The van der Waals surface area contributed by atoms with Crippen molar-refractivity contribution in [2.75, 3.05) is 6.54 Å². The molecule has 1 heterocycles. The van der Waals surface area contributed by atoms with Crippen LogP contribution in [0.5, 0.6) is 0 Å². The van der Waals surface area contributed by atoms with E-state index < -0.39 is 0 Å². The summed E-state index contributed by atoms with van der Waals surface area (Å²) in [6, 6.07) is 1.09. The Hall–Kier alpha value is -0.530. The van der Waals surface area contributed by atoms with E-state index in [0.717, 1.165) is 6.54 Å². The van der Waals surface area contributed by atoms with Crippen LogP contribution in [0.2, 0.25) is 0 Å². The number of aliphatic imine (C=N–C) groups is 1. The van der Waals surface area contributed by atoms with E-state index in [1.165, 1.54) is 5.84 Å². The zero-order valence-electron chi connectivity index (χ0n) is 7.26. The molecule has 1 aliphatic heterocycles. The molecule has 1 rings (SSSR count). The van der Waals surface area contributed by atoms with Gasteiger partial charge in [0.1, 0.15) is 0 Å². The first kappa shape index (κ1) is 7.58. The van der Waals surface area contributed by atoms with Crippen molar-refractivity contribution in [3.05, 3.63) is 0 Å². The van der Waals surface area contributed by atoms with E-state index >= 15 is 0 Å². The van der Waals surface area contributed by atoms with Crippen LogP contribution in [0.15, 0.2) is 4.99 Å². The molecule has 0 spiro atoms. The van der Waals surface area contributed by atoms with E-state index in [9.17, 15) is 0 Å². The van der Waals surface area contributed by atoms with Crippen molar-refractivity contribution in [3.63, 3.8) is 0 Å². The molecule has 0 aromatic carbocycles. The average Bonchev–Trinajstić information content (AvgIpc) is 2.09. The minimum atomic E-state index is 0.486. The molecule has 0 amide bonds. The van der Waals surface area contributed by atoms with Gasteiger partial charge in [0.25, 0.3) is 0 Å². The van der Waals surface area contributed by atoms with Gasteiger partial charge in [0.2, 0.25) is 0 Å². The molecule has 2 atom stereocenters. The van der Waals surface area contributed by atoms with Crippen LogP contribution in [0.1, 0.15) is 27.7 Å². The van der Waals surface area contributed by atoms with E-state index in [-0.39, 0.29) is 0 Å². The highest BCUT2D eigenvalue weighted by Gasteiger charge is 2.25. The molecule has 0 N–H and O–H groups in total. The maximum absolute atomic E-state index is 4.46. The van der Waals surface area contributed by atoms with Gasteiger partial charge in [0.15, 0.2) is 0 Å².